The molecule has 1 aliphatic rings. The molecule has 0 amide bonds. The van der Waals surface area contributed by atoms with Gasteiger partial charge < -0.3 is 10.2 Å². The van der Waals surface area contributed by atoms with Crippen LogP contribution in [-0.2, 0) is 0 Å². The minimum atomic E-state index is -0.400. The van der Waals surface area contributed by atoms with Crippen molar-refractivity contribution in [1.29, 1.82) is 0 Å². The van der Waals surface area contributed by atoms with Gasteiger partial charge in [0.15, 0.2) is 12.1 Å². The number of hydrogen-bond donors (Lipinski definition) is 2. The highest BCUT2D eigenvalue weighted by Crippen LogP contribution is 2.34. The second kappa shape index (κ2) is 5.74. The zero-order valence-electron chi connectivity index (χ0n) is 13.6. The Morgan fingerprint density at radius 1 is 1.04 bits per heavy atom. The maximum atomic E-state index is 6.12. The molecule has 3 N–H and O–H groups in total. The molecule has 1 atom stereocenters. The molecule has 2 aromatic carbocycles. The number of aliphatic imine (C=N–C) groups is 1. The third-order valence-corrected chi connectivity index (χ3v) is 4.88. The fourth-order valence-corrected chi connectivity index (χ4v) is 3.43. The standard InChI is InChI=1S/C19H14BrN5O/c20-12-7-5-11(6-8-12)15-9-10-16(26-15)17-23-18(21)24-19-22-13-3-1-2-4-14(13)25(17)19/h1-10,17H,(H3,21,22,23,24)/t17-/m1/s1. The summed E-state index contributed by atoms with van der Waals surface area (Å²) in [6, 6.07) is 19.8. The van der Waals surface area contributed by atoms with Crippen LogP contribution in [0.4, 0.5) is 5.95 Å². The van der Waals surface area contributed by atoms with Crippen LogP contribution < -0.4 is 11.1 Å². The molecule has 4 aromatic rings. The van der Waals surface area contributed by atoms with E-state index in [1.165, 1.54) is 0 Å². The number of furan rings is 1. The number of hydrogen-bond acceptors (Lipinski definition) is 5. The number of para-hydroxylation sites is 2. The van der Waals surface area contributed by atoms with Crippen LogP contribution in [0.2, 0.25) is 0 Å². The molecule has 6 nitrogen and oxygen atoms in total. The molecule has 0 bridgehead atoms. The summed E-state index contributed by atoms with van der Waals surface area (Å²) in [6.45, 7) is 0. The lowest BCUT2D eigenvalue weighted by Crippen LogP contribution is -2.31. The number of rotatable bonds is 2. The SMILES string of the molecule is NC1=N[C@@H](c2ccc(-c3ccc(Br)cc3)o2)n2c(nc3ccccc32)N1. The number of guanidine groups is 1. The van der Waals surface area contributed by atoms with Gasteiger partial charge in [0, 0.05) is 10.0 Å². The van der Waals surface area contributed by atoms with Crippen LogP contribution in [-0.4, -0.2) is 15.5 Å². The lowest BCUT2D eigenvalue weighted by Gasteiger charge is -2.21. The van der Waals surface area contributed by atoms with Crippen LogP contribution in [0.25, 0.3) is 22.4 Å². The molecule has 0 saturated heterocycles. The number of aromatic nitrogens is 2. The fraction of sp³-hybridized carbons (Fsp3) is 0.0526. The van der Waals surface area contributed by atoms with Crippen molar-refractivity contribution in [2.24, 2.45) is 10.7 Å². The molecule has 0 fully saturated rings. The van der Waals surface area contributed by atoms with Gasteiger partial charge in [-0.3, -0.25) is 9.88 Å². The van der Waals surface area contributed by atoms with E-state index in [2.05, 4.69) is 31.2 Å². The number of anilines is 1. The molecule has 26 heavy (non-hydrogen) atoms. The molecule has 1 aliphatic heterocycles. The highest BCUT2D eigenvalue weighted by Gasteiger charge is 2.27. The Morgan fingerprint density at radius 3 is 2.69 bits per heavy atom. The van der Waals surface area contributed by atoms with E-state index in [1.54, 1.807) is 0 Å². The van der Waals surface area contributed by atoms with Crippen LogP contribution in [0, 0.1) is 0 Å². The van der Waals surface area contributed by atoms with Crippen molar-refractivity contribution < 1.29 is 4.42 Å². The Morgan fingerprint density at radius 2 is 1.85 bits per heavy atom. The molecule has 0 radical (unpaired) electrons. The summed E-state index contributed by atoms with van der Waals surface area (Å²) in [5.41, 5.74) is 8.82. The van der Waals surface area contributed by atoms with Crippen LogP contribution in [0.1, 0.15) is 11.9 Å². The van der Waals surface area contributed by atoms with Crippen LogP contribution in [0.15, 0.2) is 74.5 Å². The number of nitrogens with zero attached hydrogens (tertiary/aromatic N) is 3. The Bertz CT molecular complexity index is 1140. The van der Waals surface area contributed by atoms with Gasteiger partial charge in [0.05, 0.1) is 11.0 Å². The van der Waals surface area contributed by atoms with E-state index in [4.69, 9.17) is 10.2 Å². The average molecular weight is 408 g/mol. The van der Waals surface area contributed by atoms with E-state index >= 15 is 0 Å². The minimum absolute atomic E-state index is 0.319. The van der Waals surface area contributed by atoms with Gasteiger partial charge in [-0.2, -0.15) is 0 Å². The molecule has 0 aliphatic carbocycles. The molecule has 0 unspecified atom stereocenters. The van der Waals surface area contributed by atoms with Gasteiger partial charge in [0.2, 0.25) is 5.95 Å². The summed E-state index contributed by atoms with van der Waals surface area (Å²) in [5, 5.41) is 3.03. The predicted octanol–water partition coefficient (Wildman–Crippen LogP) is 4.35. The first kappa shape index (κ1) is 15.2. The van der Waals surface area contributed by atoms with Gasteiger partial charge in [-0.25, -0.2) is 9.98 Å². The van der Waals surface area contributed by atoms with Crippen LogP contribution in [0.3, 0.4) is 0 Å². The van der Waals surface area contributed by atoms with Crippen molar-refractivity contribution in [2.75, 3.05) is 5.32 Å². The average Bonchev–Trinajstić information content (AvgIpc) is 3.26. The number of nitrogens with two attached hydrogens (primary N) is 1. The second-order valence-electron chi connectivity index (χ2n) is 6.02. The Hall–Kier alpha value is -3.06. The number of fused-ring (bicyclic) bond motifs is 3. The zero-order chi connectivity index (χ0) is 17.7. The highest BCUT2D eigenvalue weighted by molar-refractivity contribution is 9.10. The van der Waals surface area contributed by atoms with Gasteiger partial charge in [0.25, 0.3) is 0 Å². The van der Waals surface area contributed by atoms with E-state index in [0.717, 1.165) is 26.8 Å². The summed E-state index contributed by atoms with van der Waals surface area (Å²) in [7, 11) is 0. The quantitative estimate of drug-likeness (QED) is 0.517. The van der Waals surface area contributed by atoms with Gasteiger partial charge in [-0.1, -0.05) is 40.2 Å². The van der Waals surface area contributed by atoms with Crippen molar-refractivity contribution in [3.8, 4) is 11.3 Å². The topological polar surface area (TPSA) is 81.4 Å². The first-order valence-corrected chi connectivity index (χ1v) is 8.91. The van der Waals surface area contributed by atoms with Gasteiger partial charge in [0.1, 0.15) is 11.5 Å². The Balaban J connectivity index is 1.62. The number of halogens is 1. The normalized spacial score (nSPS) is 16.2. The molecule has 7 heteroatoms. The van der Waals surface area contributed by atoms with E-state index in [-0.39, 0.29) is 0 Å². The molecule has 0 spiro atoms. The fourth-order valence-electron chi connectivity index (χ4n) is 3.17. The Labute approximate surface area is 157 Å². The third kappa shape index (κ3) is 2.40. The zero-order valence-corrected chi connectivity index (χ0v) is 15.1. The molecular formula is C19H14BrN5O. The van der Waals surface area contributed by atoms with E-state index in [9.17, 15) is 0 Å². The highest BCUT2D eigenvalue weighted by atomic mass is 79.9. The smallest absolute Gasteiger partial charge is 0.212 e. The van der Waals surface area contributed by atoms with Crippen molar-refractivity contribution in [3.05, 3.63) is 70.9 Å². The number of benzene rings is 2. The van der Waals surface area contributed by atoms with Crippen molar-refractivity contribution in [3.63, 3.8) is 0 Å². The molecule has 0 saturated carbocycles. The summed E-state index contributed by atoms with van der Waals surface area (Å²) in [4.78, 5) is 9.14. The van der Waals surface area contributed by atoms with E-state index < -0.39 is 6.17 Å². The first-order chi connectivity index (χ1) is 12.7. The number of imidazole rings is 1. The maximum Gasteiger partial charge on any atom is 0.212 e. The molecule has 128 valence electrons. The third-order valence-electron chi connectivity index (χ3n) is 4.35. The minimum Gasteiger partial charge on any atom is -0.457 e. The second-order valence-corrected chi connectivity index (χ2v) is 6.93. The van der Waals surface area contributed by atoms with Crippen LogP contribution in [0.5, 0.6) is 0 Å². The van der Waals surface area contributed by atoms with Crippen molar-refractivity contribution in [1.82, 2.24) is 9.55 Å². The summed E-state index contributed by atoms with van der Waals surface area (Å²) in [6.07, 6.45) is -0.400. The summed E-state index contributed by atoms with van der Waals surface area (Å²) < 4.78 is 9.14. The Kier molecular flexibility index (Phi) is 3.36. The van der Waals surface area contributed by atoms with E-state index in [0.29, 0.717) is 17.7 Å². The lowest BCUT2D eigenvalue weighted by atomic mass is 10.2. The van der Waals surface area contributed by atoms with Crippen molar-refractivity contribution in [2.45, 2.75) is 6.17 Å². The largest absolute Gasteiger partial charge is 0.457 e. The number of nitrogens with one attached hydrogen (secondary N) is 1. The molecule has 3 heterocycles. The van der Waals surface area contributed by atoms with E-state index in [1.807, 2.05) is 65.2 Å². The predicted molar refractivity (Wildman–Crippen MR) is 105 cm³/mol. The van der Waals surface area contributed by atoms with Crippen molar-refractivity contribution >= 4 is 38.9 Å². The van der Waals surface area contributed by atoms with Gasteiger partial charge in [-0.15, -0.1) is 0 Å². The maximum absolute atomic E-state index is 6.12. The summed E-state index contributed by atoms with van der Waals surface area (Å²) in [5.74, 6) is 2.47. The molecule has 5 rings (SSSR count). The van der Waals surface area contributed by atoms with Crippen LogP contribution >= 0.6 is 15.9 Å². The lowest BCUT2D eigenvalue weighted by molar-refractivity contribution is 0.449. The molecular weight excluding hydrogens is 394 g/mol. The summed E-state index contributed by atoms with van der Waals surface area (Å²) >= 11 is 3.45. The first-order valence-electron chi connectivity index (χ1n) is 8.12. The van der Waals surface area contributed by atoms with Gasteiger partial charge in [-0.05, 0) is 36.4 Å². The molecule has 2 aromatic heterocycles. The monoisotopic (exact) mass is 407 g/mol. The van der Waals surface area contributed by atoms with Gasteiger partial charge >= 0.3 is 0 Å².